The average Bonchev–Trinajstić information content (AvgIpc) is 3.34. The quantitative estimate of drug-likeness (QED) is 0.736. The van der Waals surface area contributed by atoms with Gasteiger partial charge in [-0.15, -0.1) is 11.3 Å². The van der Waals surface area contributed by atoms with Crippen LogP contribution in [0.2, 0.25) is 0 Å². The van der Waals surface area contributed by atoms with E-state index in [0.29, 0.717) is 17.4 Å². The van der Waals surface area contributed by atoms with Crippen LogP contribution in [0, 0.1) is 0 Å². The van der Waals surface area contributed by atoms with Crippen molar-refractivity contribution in [2.45, 2.75) is 19.0 Å². The van der Waals surface area contributed by atoms with Crippen molar-refractivity contribution in [1.29, 1.82) is 0 Å². The molecule has 0 aliphatic carbocycles. The van der Waals surface area contributed by atoms with Crippen molar-refractivity contribution < 1.29 is 18.4 Å². The van der Waals surface area contributed by atoms with E-state index in [1.165, 1.54) is 17.6 Å². The standard InChI is InChI=1S/C16H13N3O4S/c1-16(12-5-2-6-22-12)14(20)19(15(21)18-16)9-13-17-8-10(23-13)11-4-3-7-24-11/h2-8H,9H2,1H3,(H,18,21). The van der Waals surface area contributed by atoms with Crippen LogP contribution in [-0.2, 0) is 16.9 Å². The lowest BCUT2D eigenvalue weighted by Gasteiger charge is -2.18. The first-order valence-corrected chi connectivity index (χ1v) is 8.12. The third-order valence-electron chi connectivity index (χ3n) is 3.90. The Hall–Kier alpha value is -2.87. The fourth-order valence-electron chi connectivity index (χ4n) is 2.62. The summed E-state index contributed by atoms with van der Waals surface area (Å²) in [6.07, 6.45) is 3.05. The van der Waals surface area contributed by atoms with E-state index in [2.05, 4.69) is 10.3 Å². The summed E-state index contributed by atoms with van der Waals surface area (Å²) in [4.78, 5) is 31.1. The van der Waals surface area contributed by atoms with E-state index >= 15 is 0 Å². The Morgan fingerprint density at radius 3 is 2.92 bits per heavy atom. The number of imide groups is 1. The molecular formula is C16H13N3O4S. The number of thiophene rings is 1. The first kappa shape index (κ1) is 14.7. The predicted molar refractivity (Wildman–Crippen MR) is 85.0 cm³/mol. The minimum Gasteiger partial charge on any atom is -0.466 e. The van der Waals surface area contributed by atoms with Gasteiger partial charge < -0.3 is 14.2 Å². The van der Waals surface area contributed by atoms with Gasteiger partial charge in [0.1, 0.15) is 12.3 Å². The topological polar surface area (TPSA) is 88.6 Å². The second-order valence-electron chi connectivity index (χ2n) is 5.52. The normalized spacial score (nSPS) is 20.6. The number of hydrogen-bond donors (Lipinski definition) is 1. The Balaban J connectivity index is 1.57. The number of furan rings is 1. The Kier molecular flexibility index (Phi) is 3.27. The summed E-state index contributed by atoms with van der Waals surface area (Å²) in [5, 5.41) is 4.60. The highest BCUT2D eigenvalue weighted by Gasteiger charge is 2.51. The van der Waals surface area contributed by atoms with E-state index in [4.69, 9.17) is 8.83 Å². The fourth-order valence-corrected chi connectivity index (χ4v) is 3.29. The van der Waals surface area contributed by atoms with Crippen molar-refractivity contribution in [3.8, 4) is 10.6 Å². The van der Waals surface area contributed by atoms with E-state index in [1.54, 1.807) is 25.3 Å². The van der Waals surface area contributed by atoms with Crippen LogP contribution in [0.4, 0.5) is 4.79 Å². The maximum atomic E-state index is 12.7. The smallest absolute Gasteiger partial charge is 0.325 e. The van der Waals surface area contributed by atoms with Crippen LogP contribution in [0.3, 0.4) is 0 Å². The molecule has 0 aromatic carbocycles. The SMILES string of the molecule is CC1(c2ccco2)NC(=O)N(Cc2ncc(-c3cccs3)o2)C1=O. The van der Waals surface area contributed by atoms with E-state index in [0.717, 1.165) is 9.78 Å². The van der Waals surface area contributed by atoms with Gasteiger partial charge in [0.25, 0.3) is 5.91 Å². The number of amides is 3. The molecular weight excluding hydrogens is 330 g/mol. The van der Waals surface area contributed by atoms with Crippen LogP contribution >= 0.6 is 11.3 Å². The largest absolute Gasteiger partial charge is 0.466 e. The molecule has 0 spiro atoms. The molecule has 1 fully saturated rings. The lowest BCUT2D eigenvalue weighted by molar-refractivity contribution is -0.132. The number of carbonyl (C=O) groups is 2. The first-order valence-electron chi connectivity index (χ1n) is 7.24. The van der Waals surface area contributed by atoms with Gasteiger partial charge in [0.05, 0.1) is 17.3 Å². The predicted octanol–water partition coefficient (Wildman–Crippen LogP) is 2.96. The molecule has 0 radical (unpaired) electrons. The van der Waals surface area contributed by atoms with Gasteiger partial charge in [-0.2, -0.15) is 0 Å². The van der Waals surface area contributed by atoms with Gasteiger partial charge in [0, 0.05) is 0 Å². The van der Waals surface area contributed by atoms with Crippen molar-refractivity contribution >= 4 is 23.3 Å². The number of nitrogens with zero attached hydrogens (tertiary/aromatic N) is 2. The maximum Gasteiger partial charge on any atom is 0.325 e. The van der Waals surface area contributed by atoms with Crippen molar-refractivity contribution in [2.24, 2.45) is 0 Å². The molecule has 3 aromatic rings. The number of hydrogen-bond acceptors (Lipinski definition) is 6. The minimum atomic E-state index is -1.22. The summed E-state index contributed by atoms with van der Waals surface area (Å²) in [5.74, 6) is 0.889. The molecule has 0 saturated carbocycles. The first-order chi connectivity index (χ1) is 11.6. The summed E-state index contributed by atoms with van der Waals surface area (Å²) in [5.41, 5.74) is -1.22. The van der Waals surface area contributed by atoms with Gasteiger partial charge in [-0.05, 0) is 30.5 Å². The van der Waals surface area contributed by atoms with Gasteiger partial charge in [0.15, 0.2) is 11.3 Å². The van der Waals surface area contributed by atoms with Crippen LogP contribution in [0.25, 0.3) is 10.6 Å². The van der Waals surface area contributed by atoms with Crippen LogP contribution in [0.1, 0.15) is 18.6 Å². The van der Waals surface area contributed by atoms with Crippen molar-refractivity contribution in [2.75, 3.05) is 0 Å². The van der Waals surface area contributed by atoms with E-state index in [1.807, 2.05) is 17.5 Å². The van der Waals surface area contributed by atoms with Gasteiger partial charge in [-0.3, -0.25) is 9.69 Å². The summed E-state index contributed by atoms with van der Waals surface area (Å²) in [7, 11) is 0. The van der Waals surface area contributed by atoms with Crippen molar-refractivity contribution in [1.82, 2.24) is 15.2 Å². The Morgan fingerprint density at radius 1 is 1.33 bits per heavy atom. The Morgan fingerprint density at radius 2 is 2.21 bits per heavy atom. The summed E-state index contributed by atoms with van der Waals surface area (Å²) in [6.45, 7) is 1.57. The minimum absolute atomic E-state index is 0.0354. The molecule has 24 heavy (non-hydrogen) atoms. The molecule has 1 unspecified atom stereocenters. The molecule has 1 aliphatic heterocycles. The lowest BCUT2D eigenvalue weighted by atomic mass is 9.99. The highest BCUT2D eigenvalue weighted by molar-refractivity contribution is 7.13. The van der Waals surface area contributed by atoms with Crippen LogP contribution in [0.15, 0.2) is 50.9 Å². The Bertz CT molecular complexity index is 884. The number of nitrogens with one attached hydrogen (secondary N) is 1. The van der Waals surface area contributed by atoms with Crippen LogP contribution in [-0.4, -0.2) is 21.8 Å². The highest BCUT2D eigenvalue weighted by atomic mass is 32.1. The zero-order chi connectivity index (χ0) is 16.7. The molecule has 3 amide bonds. The number of urea groups is 1. The molecule has 0 bridgehead atoms. The zero-order valence-corrected chi connectivity index (χ0v) is 13.5. The number of aromatic nitrogens is 1. The summed E-state index contributed by atoms with van der Waals surface area (Å²) in [6, 6.07) is 6.64. The van der Waals surface area contributed by atoms with Gasteiger partial charge in [0.2, 0.25) is 5.89 Å². The summed E-state index contributed by atoms with van der Waals surface area (Å²) < 4.78 is 10.9. The molecule has 4 rings (SSSR count). The van der Waals surface area contributed by atoms with Crippen molar-refractivity contribution in [3.05, 3.63) is 53.8 Å². The van der Waals surface area contributed by atoms with Crippen molar-refractivity contribution in [3.63, 3.8) is 0 Å². The molecule has 7 nitrogen and oxygen atoms in total. The number of rotatable bonds is 4. The molecule has 1 aliphatic rings. The van der Waals surface area contributed by atoms with Gasteiger partial charge >= 0.3 is 6.03 Å². The Labute approximate surface area is 140 Å². The zero-order valence-electron chi connectivity index (χ0n) is 12.7. The van der Waals surface area contributed by atoms with Crippen LogP contribution < -0.4 is 5.32 Å². The average molecular weight is 343 g/mol. The molecule has 1 saturated heterocycles. The highest BCUT2D eigenvalue weighted by Crippen LogP contribution is 2.31. The molecule has 1 N–H and O–H groups in total. The maximum absolute atomic E-state index is 12.7. The third kappa shape index (κ3) is 2.23. The number of oxazole rings is 1. The molecule has 122 valence electrons. The lowest BCUT2D eigenvalue weighted by Crippen LogP contribution is -2.40. The van der Waals surface area contributed by atoms with E-state index in [9.17, 15) is 9.59 Å². The second-order valence-corrected chi connectivity index (χ2v) is 6.47. The van der Waals surface area contributed by atoms with Crippen LogP contribution in [0.5, 0.6) is 0 Å². The monoisotopic (exact) mass is 343 g/mol. The fraction of sp³-hybridized carbons (Fsp3) is 0.188. The summed E-state index contributed by atoms with van der Waals surface area (Å²) >= 11 is 1.53. The number of carbonyl (C=O) groups excluding carboxylic acids is 2. The molecule has 4 heterocycles. The van der Waals surface area contributed by atoms with Gasteiger partial charge in [-0.1, -0.05) is 6.07 Å². The molecule has 1 atom stereocenters. The van der Waals surface area contributed by atoms with E-state index < -0.39 is 17.5 Å². The molecule has 8 heteroatoms. The molecule has 3 aromatic heterocycles. The second kappa shape index (κ2) is 5.34. The van der Waals surface area contributed by atoms with Gasteiger partial charge in [-0.25, -0.2) is 9.78 Å². The third-order valence-corrected chi connectivity index (χ3v) is 4.78. The van der Waals surface area contributed by atoms with E-state index in [-0.39, 0.29) is 6.54 Å².